The van der Waals surface area contributed by atoms with E-state index in [-0.39, 0.29) is 0 Å². The average Bonchev–Trinajstić information content (AvgIpc) is 2.58. The number of nitrogens with zero attached hydrogens (tertiary/aromatic N) is 1. The maximum Gasteiger partial charge on any atom is 0.0490 e. The molecule has 0 amide bonds. The highest BCUT2D eigenvalue weighted by Gasteiger charge is 2.16. The molecule has 1 fully saturated rings. The highest BCUT2D eigenvalue weighted by molar-refractivity contribution is 5.05. The van der Waals surface area contributed by atoms with Crippen molar-refractivity contribution >= 4 is 0 Å². The van der Waals surface area contributed by atoms with Crippen LogP contribution in [0, 0.1) is 0 Å². The predicted molar refractivity (Wildman–Crippen MR) is 41.4 cm³/mol. The number of ether oxygens (including phenoxy) is 1. The number of aromatic amines is 1. The van der Waals surface area contributed by atoms with E-state index in [4.69, 9.17) is 4.74 Å². The van der Waals surface area contributed by atoms with Gasteiger partial charge in [0.2, 0.25) is 0 Å². The van der Waals surface area contributed by atoms with Crippen LogP contribution in [0.25, 0.3) is 0 Å². The minimum atomic E-state index is 0.645. The van der Waals surface area contributed by atoms with Crippen molar-refractivity contribution in [3.8, 4) is 0 Å². The molecule has 11 heavy (non-hydrogen) atoms. The Morgan fingerprint density at radius 1 is 1.45 bits per heavy atom. The molecule has 3 heteroatoms. The molecule has 1 aromatic heterocycles. The molecular formula is C8H12N2O. The maximum atomic E-state index is 5.26. The summed E-state index contributed by atoms with van der Waals surface area (Å²) in [6.07, 6.45) is 4.06. The minimum absolute atomic E-state index is 0.645. The molecule has 1 N–H and O–H groups in total. The lowest BCUT2D eigenvalue weighted by Crippen LogP contribution is -2.14. The number of H-pyrrole nitrogens is 1. The largest absolute Gasteiger partial charge is 0.381 e. The van der Waals surface area contributed by atoms with E-state index < -0.39 is 0 Å². The van der Waals surface area contributed by atoms with Crippen LogP contribution in [0.15, 0.2) is 12.3 Å². The average molecular weight is 152 g/mol. The van der Waals surface area contributed by atoms with Crippen molar-refractivity contribution in [1.82, 2.24) is 10.2 Å². The summed E-state index contributed by atoms with van der Waals surface area (Å²) in [5.74, 6) is 0.645. The van der Waals surface area contributed by atoms with Gasteiger partial charge in [-0.15, -0.1) is 0 Å². The molecule has 1 saturated heterocycles. The van der Waals surface area contributed by atoms with Gasteiger partial charge in [0.15, 0.2) is 0 Å². The molecule has 0 bridgehead atoms. The van der Waals surface area contributed by atoms with E-state index in [0.29, 0.717) is 5.92 Å². The Morgan fingerprint density at radius 2 is 2.27 bits per heavy atom. The van der Waals surface area contributed by atoms with E-state index in [1.165, 1.54) is 5.69 Å². The van der Waals surface area contributed by atoms with Crippen LogP contribution in [0.1, 0.15) is 24.5 Å². The summed E-state index contributed by atoms with van der Waals surface area (Å²) in [6, 6.07) is 2.05. The third kappa shape index (κ3) is 1.43. The van der Waals surface area contributed by atoms with E-state index >= 15 is 0 Å². The van der Waals surface area contributed by atoms with Crippen LogP contribution in [0.2, 0.25) is 0 Å². The van der Waals surface area contributed by atoms with Crippen molar-refractivity contribution in [2.75, 3.05) is 13.2 Å². The van der Waals surface area contributed by atoms with Gasteiger partial charge in [0.25, 0.3) is 0 Å². The number of hydrogen-bond donors (Lipinski definition) is 1. The number of nitrogens with one attached hydrogen (secondary N) is 1. The number of aromatic nitrogens is 2. The molecule has 0 radical (unpaired) electrons. The van der Waals surface area contributed by atoms with Crippen LogP contribution in [-0.2, 0) is 4.74 Å². The summed E-state index contributed by atoms with van der Waals surface area (Å²) in [6.45, 7) is 1.79. The molecule has 0 saturated carbocycles. The van der Waals surface area contributed by atoms with E-state index in [2.05, 4.69) is 16.3 Å². The fourth-order valence-corrected chi connectivity index (χ4v) is 1.50. The molecule has 0 aromatic carbocycles. The van der Waals surface area contributed by atoms with Crippen LogP contribution in [0.3, 0.4) is 0 Å². The monoisotopic (exact) mass is 152 g/mol. The van der Waals surface area contributed by atoms with Crippen LogP contribution < -0.4 is 0 Å². The highest BCUT2D eigenvalue weighted by Crippen LogP contribution is 2.24. The quantitative estimate of drug-likeness (QED) is 0.658. The van der Waals surface area contributed by atoms with E-state index in [1.807, 2.05) is 6.20 Å². The molecular weight excluding hydrogens is 140 g/mol. The van der Waals surface area contributed by atoms with Gasteiger partial charge in [0.05, 0.1) is 0 Å². The lowest BCUT2D eigenvalue weighted by atomic mass is 9.97. The SMILES string of the molecule is c1cc(C2CCOCC2)[nH]n1. The van der Waals surface area contributed by atoms with Gasteiger partial charge < -0.3 is 4.74 Å². The van der Waals surface area contributed by atoms with Gasteiger partial charge in [-0.1, -0.05) is 0 Å². The Kier molecular flexibility index (Phi) is 1.90. The third-order valence-electron chi connectivity index (χ3n) is 2.18. The van der Waals surface area contributed by atoms with Crippen molar-refractivity contribution in [3.63, 3.8) is 0 Å². The summed E-state index contributed by atoms with van der Waals surface area (Å²) in [5.41, 5.74) is 1.26. The van der Waals surface area contributed by atoms with Crippen LogP contribution in [0.5, 0.6) is 0 Å². The number of hydrogen-bond acceptors (Lipinski definition) is 2. The zero-order valence-corrected chi connectivity index (χ0v) is 6.42. The Morgan fingerprint density at radius 3 is 2.91 bits per heavy atom. The normalized spacial score (nSPS) is 20.4. The standard InChI is InChI=1S/C8H12N2O/c1-4-9-10-8(1)7-2-5-11-6-3-7/h1,4,7H,2-3,5-6H2,(H,9,10). The second-order valence-electron chi connectivity index (χ2n) is 2.90. The van der Waals surface area contributed by atoms with Crippen LogP contribution in [0.4, 0.5) is 0 Å². The highest BCUT2D eigenvalue weighted by atomic mass is 16.5. The van der Waals surface area contributed by atoms with Crippen LogP contribution >= 0.6 is 0 Å². The minimum Gasteiger partial charge on any atom is -0.381 e. The third-order valence-corrected chi connectivity index (χ3v) is 2.18. The van der Waals surface area contributed by atoms with Gasteiger partial charge in [-0.3, -0.25) is 5.10 Å². The summed E-state index contributed by atoms with van der Waals surface area (Å²) < 4.78 is 5.26. The zero-order chi connectivity index (χ0) is 7.52. The molecule has 2 heterocycles. The molecule has 1 aliphatic rings. The van der Waals surface area contributed by atoms with Crippen molar-refractivity contribution in [1.29, 1.82) is 0 Å². The smallest absolute Gasteiger partial charge is 0.0490 e. The van der Waals surface area contributed by atoms with Gasteiger partial charge in [0.1, 0.15) is 0 Å². The van der Waals surface area contributed by atoms with Gasteiger partial charge in [-0.25, -0.2) is 0 Å². The first kappa shape index (κ1) is 6.85. The molecule has 2 rings (SSSR count). The Balaban J connectivity index is 2.04. The molecule has 0 unspecified atom stereocenters. The van der Waals surface area contributed by atoms with Gasteiger partial charge >= 0.3 is 0 Å². The van der Waals surface area contributed by atoms with E-state index in [1.54, 1.807) is 0 Å². The summed E-state index contributed by atoms with van der Waals surface area (Å²) in [7, 11) is 0. The molecule has 0 spiro atoms. The second kappa shape index (κ2) is 3.05. The maximum absolute atomic E-state index is 5.26. The fourth-order valence-electron chi connectivity index (χ4n) is 1.50. The topological polar surface area (TPSA) is 37.9 Å². The summed E-state index contributed by atoms with van der Waals surface area (Å²) >= 11 is 0. The summed E-state index contributed by atoms with van der Waals surface area (Å²) in [5, 5.41) is 6.93. The predicted octanol–water partition coefficient (Wildman–Crippen LogP) is 1.30. The van der Waals surface area contributed by atoms with Crippen molar-refractivity contribution in [2.45, 2.75) is 18.8 Å². The summed E-state index contributed by atoms with van der Waals surface area (Å²) in [4.78, 5) is 0. The molecule has 1 aromatic rings. The van der Waals surface area contributed by atoms with Crippen LogP contribution in [-0.4, -0.2) is 23.4 Å². The van der Waals surface area contributed by atoms with Gasteiger partial charge in [0, 0.05) is 31.0 Å². The first-order valence-corrected chi connectivity index (χ1v) is 4.04. The molecule has 0 atom stereocenters. The van der Waals surface area contributed by atoms with Crippen molar-refractivity contribution in [2.24, 2.45) is 0 Å². The second-order valence-corrected chi connectivity index (χ2v) is 2.90. The van der Waals surface area contributed by atoms with Gasteiger partial charge in [-0.2, -0.15) is 5.10 Å². The molecule has 3 nitrogen and oxygen atoms in total. The van der Waals surface area contributed by atoms with Crippen molar-refractivity contribution in [3.05, 3.63) is 18.0 Å². The zero-order valence-electron chi connectivity index (χ0n) is 6.42. The first-order valence-electron chi connectivity index (χ1n) is 4.04. The Bertz CT molecular complexity index is 202. The lowest BCUT2D eigenvalue weighted by molar-refractivity contribution is 0.0845. The molecule has 0 aliphatic carbocycles. The van der Waals surface area contributed by atoms with Gasteiger partial charge in [-0.05, 0) is 18.9 Å². The van der Waals surface area contributed by atoms with Crippen molar-refractivity contribution < 1.29 is 4.74 Å². The Hall–Kier alpha value is -0.830. The number of rotatable bonds is 1. The first-order chi connectivity index (χ1) is 5.47. The molecule has 60 valence electrons. The lowest BCUT2D eigenvalue weighted by Gasteiger charge is -2.20. The Labute approximate surface area is 65.8 Å². The fraction of sp³-hybridized carbons (Fsp3) is 0.625. The van der Waals surface area contributed by atoms with E-state index in [9.17, 15) is 0 Å². The molecule has 1 aliphatic heterocycles. The van der Waals surface area contributed by atoms with E-state index in [0.717, 1.165) is 26.1 Å².